The van der Waals surface area contributed by atoms with Crippen LogP contribution in [0.5, 0.6) is 0 Å². The van der Waals surface area contributed by atoms with Crippen molar-refractivity contribution in [2.75, 3.05) is 0 Å². The van der Waals surface area contributed by atoms with Crippen LogP contribution in [0.15, 0.2) is 0 Å². The Balaban J connectivity index is -0.000000720. The summed E-state index contributed by atoms with van der Waals surface area (Å²) in [6.45, 7) is 0. The standard InChI is InChI=1S/C6H8NO6.Ir.H2N/c7-4(6(12)13)2(5(10)11)1-3(8)9;;/h2,4,7H,1H2,(H,8,9)(H,10,11)(H,12,13);;1H2/q-1;;-1. The first-order valence-corrected chi connectivity index (χ1v) is 3.24. The summed E-state index contributed by atoms with van der Waals surface area (Å²) < 4.78 is 0. The van der Waals surface area contributed by atoms with Crippen molar-refractivity contribution in [3.05, 3.63) is 11.9 Å². The summed E-state index contributed by atoms with van der Waals surface area (Å²) in [7, 11) is 0. The Labute approximate surface area is 98.4 Å². The molecule has 0 aromatic carbocycles. The van der Waals surface area contributed by atoms with Crippen molar-refractivity contribution >= 4 is 17.9 Å². The van der Waals surface area contributed by atoms with Gasteiger partial charge in [-0.05, 0) is 6.04 Å². The molecule has 0 aromatic heterocycles. The number of nitrogens with one attached hydrogen (secondary N) is 1. The molecule has 0 bridgehead atoms. The molecule has 8 nitrogen and oxygen atoms in total. The molecular weight excluding hydrogens is 388 g/mol. The molecule has 0 heterocycles. The number of carboxylic acid groups (broad SMARTS) is 3. The summed E-state index contributed by atoms with van der Waals surface area (Å²) in [5.41, 5.74) is 6.86. The van der Waals surface area contributed by atoms with Gasteiger partial charge in [-0.2, -0.15) is 0 Å². The SMILES string of the molecule is [Ir].[NH-]C(C(=O)O)C(CC(=O)O)C(=O)O.[NH2-]. The Hall–Kier alpha value is -1.02. The predicted octanol–water partition coefficient (Wildman–Crippen LogP) is 0.382. The molecule has 0 aromatic rings. The average Bonchev–Trinajstić information content (AvgIpc) is 1.97. The van der Waals surface area contributed by atoms with Gasteiger partial charge in [0.15, 0.2) is 0 Å². The molecule has 2 unspecified atom stereocenters. The Morgan fingerprint density at radius 2 is 1.47 bits per heavy atom. The van der Waals surface area contributed by atoms with Crippen LogP contribution >= 0.6 is 0 Å². The minimum atomic E-state index is -1.95. The van der Waals surface area contributed by atoms with Crippen LogP contribution < -0.4 is 0 Å². The second-order valence-electron chi connectivity index (χ2n) is 2.36. The van der Waals surface area contributed by atoms with Crippen molar-refractivity contribution in [2.24, 2.45) is 5.92 Å². The zero-order valence-corrected chi connectivity index (χ0v) is 9.73. The van der Waals surface area contributed by atoms with E-state index in [0.717, 1.165) is 0 Å². The Kier molecular flexibility index (Phi) is 10.8. The van der Waals surface area contributed by atoms with Gasteiger partial charge in [0.25, 0.3) is 5.97 Å². The summed E-state index contributed by atoms with van der Waals surface area (Å²) in [5.74, 6) is -6.39. The fraction of sp³-hybridized carbons (Fsp3) is 0.500. The number of hydrogen-bond acceptors (Lipinski definition) is 3. The zero-order valence-electron chi connectivity index (χ0n) is 7.34. The van der Waals surface area contributed by atoms with Crippen LogP contribution in [0.1, 0.15) is 6.42 Å². The van der Waals surface area contributed by atoms with Crippen LogP contribution in [0.2, 0.25) is 0 Å². The van der Waals surface area contributed by atoms with Gasteiger partial charge >= 0.3 is 11.9 Å². The first-order valence-electron chi connectivity index (χ1n) is 3.24. The minimum absolute atomic E-state index is 0. The normalized spacial score (nSPS) is 12.6. The maximum Gasteiger partial charge on any atom is 0.306 e. The van der Waals surface area contributed by atoms with Crippen molar-refractivity contribution in [1.82, 2.24) is 0 Å². The van der Waals surface area contributed by atoms with Crippen LogP contribution in [-0.4, -0.2) is 39.3 Å². The topological polar surface area (TPSA) is 169 Å². The van der Waals surface area contributed by atoms with Crippen LogP contribution in [0.4, 0.5) is 0 Å². The van der Waals surface area contributed by atoms with Gasteiger partial charge in [-0.15, -0.1) is 0 Å². The Bertz CT molecular complexity index is 246. The molecule has 0 saturated carbocycles. The number of carbonyl (C=O) groups is 3. The van der Waals surface area contributed by atoms with E-state index in [-0.39, 0.29) is 26.3 Å². The molecule has 0 aliphatic carbocycles. The van der Waals surface area contributed by atoms with E-state index in [9.17, 15) is 14.4 Å². The van der Waals surface area contributed by atoms with E-state index in [1.54, 1.807) is 0 Å². The van der Waals surface area contributed by atoms with Gasteiger partial charge in [0.2, 0.25) is 0 Å². The van der Waals surface area contributed by atoms with Gasteiger partial charge in [-0.1, -0.05) is 0 Å². The maximum absolute atomic E-state index is 10.3. The van der Waals surface area contributed by atoms with Crippen LogP contribution in [0.25, 0.3) is 11.9 Å². The van der Waals surface area contributed by atoms with Crippen molar-refractivity contribution in [1.29, 1.82) is 0 Å². The molecule has 0 aliphatic heterocycles. The Morgan fingerprint density at radius 3 is 1.67 bits per heavy atom. The molecule has 0 amide bonds. The van der Waals surface area contributed by atoms with Crippen molar-refractivity contribution < 1.29 is 49.8 Å². The van der Waals surface area contributed by atoms with Gasteiger partial charge in [0, 0.05) is 20.1 Å². The second kappa shape index (κ2) is 8.30. The van der Waals surface area contributed by atoms with Gasteiger partial charge in [0.05, 0.1) is 12.3 Å². The van der Waals surface area contributed by atoms with Gasteiger partial charge in [-0.25, -0.2) is 0 Å². The fourth-order valence-electron chi connectivity index (χ4n) is 0.708. The van der Waals surface area contributed by atoms with Crippen LogP contribution in [0, 0.1) is 5.92 Å². The average molecular weight is 398 g/mol. The van der Waals surface area contributed by atoms with E-state index < -0.39 is 36.3 Å². The summed E-state index contributed by atoms with van der Waals surface area (Å²) in [4.78, 5) is 30.6. The molecular formula is C6H10IrN2O6-2. The summed E-state index contributed by atoms with van der Waals surface area (Å²) in [5, 5.41) is 24.9. The summed E-state index contributed by atoms with van der Waals surface area (Å²) in [6, 6.07) is -1.95. The maximum atomic E-state index is 10.3. The monoisotopic (exact) mass is 399 g/mol. The van der Waals surface area contributed by atoms with E-state index in [4.69, 9.17) is 21.1 Å². The van der Waals surface area contributed by atoms with E-state index >= 15 is 0 Å². The predicted molar refractivity (Wildman–Crippen MR) is 44.4 cm³/mol. The third kappa shape index (κ3) is 6.97. The molecule has 91 valence electrons. The fourth-order valence-corrected chi connectivity index (χ4v) is 0.708. The number of rotatable bonds is 5. The van der Waals surface area contributed by atoms with Crippen molar-refractivity contribution in [3.8, 4) is 0 Å². The van der Waals surface area contributed by atoms with Gasteiger partial charge < -0.3 is 27.2 Å². The third-order valence-electron chi connectivity index (χ3n) is 1.38. The summed E-state index contributed by atoms with van der Waals surface area (Å²) in [6.07, 6.45) is -0.865. The van der Waals surface area contributed by atoms with E-state index in [0.29, 0.717) is 0 Å². The molecule has 15 heavy (non-hydrogen) atoms. The van der Waals surface area contributed by atoms with Crippen LogP contribution in [-0.2, 0) is 34.5 Å². The number of hydrogen-bond donors (Lipinski definition) is 3. The van der Waals surface area contributed by atoms with E-state index in [1.807, 2.05) is 0 Å². The molecule has 2 atom stereocenters. The molecule has 0 spiro atoms. The zero-order chi connectivity index (χ0) is 10.6. The van der Waals surface area contributed by atoms with Gasteiger partial charge in [-0.3, -0.25) is 14.4 Å². The first kappa shape index (κ1) is 19.5. The summed E-state index contributed by atoms with van der Waals surface area (Å²) >= 11 is 0. The van der Waals surface area contributed by atoms with E-state index in [2.05, 4.69) is 0 Å². The van der Waals surface area contributed by atoms with Crippen LogP contribution in [0.3, 0.4) is 0 Å². The Morgan fingerprint density at radius 1 is 1.07 bits per heavy atom. The molecule has 0 rings (SSSR count). The third-order valence-corrected chi connectivity index (χ3v) is 1.38. The minimum Gasteiger partial charge on any atom is -0.693 e. The van der Waals surface area contributed by atoms with Crippen molar-refractivity contribution in [2.45, 2.75) is 12.5 Å². The molecule has 9 heteroatoms. The smallest absolute Gasteiger partial charge is 0.306 e. The largest absolute Gasteiger partial charge is 0.693 e. The van der Waals surface area contributed by atoms with Gasteiger partial charge in [0.1, 0.15) is 0 Å². The number of carboxylic acids is 3. The molecule has 0 aliphatic rings. The molecule has 0 saturated heterocycles. The molecule has 1 radical (unpaired) electrons. The molecule has 6 N–H and O–H groups in total. The quantitative estimate of drug-likeness (QED) is 0.604. The van der Waals surface area contributed by atoms with Crippen molar-refractivity contribution in [3.63, 3.8) is 0 Å². The molecule has 0 fully saturated rings. The first-order chi connectivity index (χ1) is 5.86. The number of aliphatic carboxylic acids is 3. The van der Waals surface area contributed by atoms with E-state index in [1.165, 1.54) is 0 Å². The number of nitrogens with two attached hydrogens (primary N) is 1. The second-order valence-corrected chi connectivity index (χ2v) is 2.36.